The molecule has 4 unspecified atom stereocenters. The SMILES string of the molecule is O=C(OC(CO)C1CCC2CCCCC2O1)c1ccc(Cl)cc1Cl. The molecule has 1 aromatic carbocycles. The third kappa shape index (κ3) is 4.05. The van der Waals surface area contributed by atoms with Crippen LogP contribution in [0.15, 0.2) is 18.2 Å². The van der Waals surface area contributed by atoms with Gasteiger partial charge in [-0.05, 0) is 49.8 Å². The third-order valence-corrected chi connectivity index (χ3v) is 5.56. The van der Waals surface area contributed by atoms with E-state index in [1.807, 2.05) is 0 Å². The Bertz CT molecular complexity index is 592. The zero-order valence-electron chi connectivity index (χ0n) is 13.4. The summed E-state index contributed by atoms with van der Waals surface area (Å²) in [5.41, 5.74) is 0.242. The molecule has 2 fully saturated rings. The Hall–Kier alpha value is -0.810. The highest BCUT2D eigenvalue weighted by atomic mass is 35.5. The van der Waals surface area contributed by atoms with Gasteiger partial charge in [0.1, 0.15) is 0 Å². The normalized spacial score (nSPS) is 28.0. The second kappa shape index (κ2) is 8.05. The van der Waals surface area contributed by atoms with Gasteiger partial charge in [-0.25, -0.2) is 4.79 Å². The summed E-state index contributed by atoms with van der Waals surface area (Å²) in [7, 11) is 0. The molecule has 0 aromatic heterocycles. The molecule has 4 nitrogen and oxygen atoms in total. The van der Waals surface area contributed by atoms with Gasteiger partial charge in [0.05, 0.1) is 29.4 Å². The number of carbonyl (C=O) groups excluding carboxylic acids is 1. The molecular formula is C18H22Cl2O4. The van der Waals surface area contributed by atoms with Crippen molar-refractivity contribution in [2.24, 2.45) is 5.92 Å². The molecule has 3 rings (SSSR count). The quantitative estimate of drug-likeness (QED) is 0.802. The summed E-state index contributed by atoms with van der Waals surface area (Å²) >= 11 is 11.9. The maximum atomic E-state index is 12.4. The van der Waals surface area contributed by atoms with E-state index in [1.54, 1.807) is 6.07 Å². The van der Waals surface area contributed by atoms with Crippen LogP contribution in [0.5, 0.6) is 0 Å². The van der Waals surface area contributed by atoms with E-state index in [2.05, 4.69) is 0 Å². The molecule has 1 aliphatic heterocycles. The summed E-state index contributed by atoms with van der Waals surface area (Å²) in [6.45, 7) is -0.265. The van der Waals surface area contributed by atoms with E-state index < -0.39 is 12.1 Å². The molecule has 24 heavy (non-hydrogen) atoms. The van der Waals surface area contributed by atoms with E-state index in [-0.39, 0.29) is 29.4 Å². The van der Waals surface area contributed by atoms with Gasteiger partial charge in [-0.15, -0.1) is 0 Å². The smallest absolute Gasteiger partial charge is 0.340 e. The van der Waals surface area contributed by atoms with E-state index in [4.69, 9.17) is 32.7 Å². The monoisotopic (exact) mass is 372 g/mol. The molecular weight excluding hydrogens is 351 g/mol. The minimum absolute atomic E-state index is 0.226. The first kappa shape index (κ1) is 18.0. The van der Waals surface area contributed by atoms with E-state index in [0.717, 1.165) is 19.3 Å². The van der Waals surface area contributed by atoms with Gasteiger partial charge in [-0.1, -0.05) is 36.0 Å². The molecule has 1 heterocycles. The standard InChI is InChI=1S/C18H22Cl2O4/c19-12-6-7-13(14(20)9-12)18(22)24-17(10-21)16-8-5-11-3-1-2-4-15(11)23-16/h6-7,9,11,15-17,21H,1-5,8,10H2. The van der Waals surface area contributed by atoms with Crippen molar-refractivity contribution in [1.82, 2.24) is 0 Å². The van der Waals surface area contributed by atoms with Crippen LogP contribution < -0.4 is 0 Å². The molecule has 0 spiro atoms. The minimum Gasteiger partial charge on any atom is -0.454 e. The predicted octanol–water partition coefficient (Wildman–Crippen LogP) is 4.25. The number of aliphatic hydroxyl groups is 1. The summed E-state index contributed by atoms with van der Waals surface area (Å²) in [4.78, 5) is 12.4. The van der Waals surface area contributed by atoms with Gasteiger partial charge in [-0.3, -0.25) is 0 Å². The van der Waals surface area contributed by atoms with E-state index in [0.29, 0.717) is 10.9 Å². The van der Waals surface area contributed by atoms with Crippen LogP contribution in [0.1, 0.15) is 48.9 Å². The van der Waals surface area contributed by atoms with Crippen LogP contribution in [0.2, 0.25) is 10.0 Å². The molecule has 1 aliphatic carbocycles. The molecule has 1 aromatic rings. The lowest BCUT2D eigenvalue weighted by atomic mass is 9.80. The number of halogens is 2. The van der Waals surface area contributed by atoms with Crippen molar-refractivity contribution < 1.29 is 19.4 Å². The van der Waals surface area contributed by atoms with Crippen LogP contribution in [0.3, 0.4) is 0 Å². The lowest BCUT2D eigenvalue weighted by molar-refractivity contribution is -0.149. The number of hydrogen-bond acceptors (Lipinski definition) is 4. The Morgan fingerprint density at radius 3 is 2.79 bits per heavy atom. The number of benzene rings is 1. The Morgan fingerprint density at radius 1 is 1.25 bits per heavy atom. The first-order valence-corrected chi connectivity index (χ1v) is 9.26. The van der Waals surface area contributed by atoms with Crippen molar-refractivity contribution in [3.8, 4) is 0 Å². The van der Waals surface area contributed by atoms with Crippen molar-refractivity contribution in [2.75, 3.05) is 6.61 Å². The molecule has 132 valence electrons. The van der Waals surface area contributed by atoms with Crippen molar-refractivity contribution in [1.29, 1.82) is 0 Å². The molecule has 0 bridgehead atoms. The molecule has 1 saturated carbocycles. The summed E-state index contributed by atoms with van der Waals surface area (Å²) in [5.74, 6) is 0.0424. The Balaban J connectivity index is 1.64. The van der Waals surface area contributed by atoms with Crippen LogP contribution in [-0.2, 0) is 9.47 Å². The molecule has 2 aliphatic rings. The van der Waals surface area contributed by atoms with Crippen molar-refractivity contribution in [2.45, 2.75) is 56.8 Å². The van der Waals surface area contributed by atoms with Crippen LogP contribution in [0, 0.1) is 5.92 Å². The van der Waals surface area contributed by atoms with Gasteiger partial charge in [0.15, 0.2) is 6.10 Å². The zero-order chi connectivity index (χ0) is 17.1. The van der Waals surface area contributed by atoms with Crippen LogP contribution >= 0.6 is 23.2 Å². The molecule has 4 atom stereocenters. The maximum Gasteiger partial charge on any atom is 0.340 e. The van der Waals surface area contributed by atoms with Gasteiger partial charge in [0.2, 0.25) is 0 Å². The summed E-state index contributed by atoms with van der Waals surface area (Å²) in [5, 5.41) is 10.4. The number of hydrogen-bond donors (Lipinski definition) is 1. The maximum absolute atomic E-state index is 12.4. The van der Waals surface area contributed by atoms with Gasteiger partial charge >= 0.3 is 5.97 Å². The first-order chi connectivity index (χ1) is 11.6. The number of esters is 1. The van der Waals surface area contributed by atoms with Gasteiger partial charge in [-0.2, -0.15) is 0 Å². The fourth-order valence-corrected chi connectivity index (χ4v) is 4.20. The van der Waals surface area contributed by atoms with Crippen LogP contribution in [0.25, 0.3) is 0 Å². The van der Waals surface area contributed by atoms with E-state index >= 15 is 0 Å². The highest BCUT2D eigenvalue weighted by Crippen LogP contribution is 2.37. The highest BCUT2D eigenvalue weighted by Gasteiger charge is 2.37. The molecule has 6 heteroatoms. The van der Waals surface area contributed by atoms with Gasteiger partial charge in [0, 0.05) is 5.02 Å². The molecule has 0 radical (unpaired) electrons. The second-order valence-corrected chi connectivity index (χ2v) is 7.43. The average Bonchev–Trinajstić information content (AvgIpc) is 2.59. The zero-order valence-corrected chi connectivity index (χ0v) is 14.9. The van der Waals surface area contributed by atoms with E-state index in [9.17, 15) is 9.90 Å². The van der Waals surface area contributed by atoms with Crippen molar-refractivity contribution in [3.05, 3.63) is 33.8 Å². The number of carbonyl (C=O) groups is 1. The summed E-state index contributed by atoms with van der Waals surface area (Å²) < 4.78 is 11.6. The highest BCUT2D eigenvalue weighted by molar-refractivity contribution is 6.36. The first-order valence-electron chi connectivity index (χ1n) is 8.51. The molecule has 1 saturated heterocycles. The van der Waals surface area contributed by atoms with Crippen LogP contribution in [0.4, 0.5) is 0 Å². The summed E-state index contributed by atoms with van der Waals surface area (Å²) in [6, 6.07) is 4.61. The van der Waals surface area contributed by atoms with Crippen LogP contribution in [-0.4, -0.2) is 36.0 Å². The second-order valence-electron chi connectivity index (χ2n) is 6.59. The number of rotatable bonds is 4. The predicted molar refractivity (Wildman–Crippen MR) is 92.6 cm³/mol. The lowest BCUT2D eigenvalue weighted by Crippen LogP contribution is -2.45. The number of fused-ring (bicyclic) bond motifs is 1. The Kier molecular flexibility index (Phi) is 6.03. The number of ether oxygens (including phenoxy) is 2. The Morgan fingerprint density at radius 2 is 2.04 bits per heavy atom. The molecule has 1 N–H and O–H groups in total. The van der Waals surface area contributed by atoms with E-state index in [1.165, 1.54) is 31.4 Å². The fourth-order valence-electron chi connectivity index (χ4n) is 3.71. The van der Waals surface area contributed by atoms with Gasteiger partial charge < -0.3 is 14.6 Å². The average molecular weight is 373 g/mol. The van der Waals surface area contributed by atoms with Crippen molar-refractivity contribution >= 4 is 29.2 Å². The number of aliphatic hydroxyl groups excluding tert-OH is 1. The molecule has 0 amide bonds. The fraction of sp³-hybridized carbons (Fsp3) is 0.611. The van der Waals surface area contributed by atoms with Crippen molar-refractivity contribution in [3.63, 3.8) is 0 Å². The Labute approximate surface area is 152 Å². The summed E-state index contributed by atoms with van der Waals surface area (Å²) in [6.07, 6.45) is 5.86. The minimum atomic E-state index is -0.674. The lowest BCUT2D eigenvalue weighted by Gasteiger charge is -2.41. The largest absolute Gasteiger partial charge is 0.454 e. The third-order valence-electron chi connectivity index (χ3n) is 5.01. The van der Waals surface area contributed by atoms with Gasteiger partial charge in [0.25, 0.3) is 0 Å². The topological polar surface area (TPSA) is 55.8 Å².